The van der Waals surface area contributed by atoms with Crippen LogP contribution in [0.3, 0.4) is 0 Å². The van der Waals surface area contributed by atoms with E-state index in [4.69, 9.17) is 9.47 Å². The second-order valence-electron chi connectivity index (χ2n) is 6.67. The van der Waals surface area contributed by atoms with Crippen LogP contribution in [0.1, 0.15) is 13.8 Å². The monoisotopic (exact) mass is 338 g/mol. The van der Waals surface area contributed by atoms with E-state index in [0.717, 1.165) is 37.8 Å². The van der Waals surface area contributed by atoms with Crippen molar-refractivity contribution in [3.63, 3.8) is 0 Å². The van der Waals surface area contributed by atoms with Crippen molar-refractivity contribution in [2.24, 2.45) is 0 Å². The lowest BCUT2D eigenvalue weighted by Gasteiger charge is -2.43. The summed E-state index contributed by atoms with van der Waals surface area (Å²) in [6.07, 6.45) is 1.74. The zero-order valence-corrected chi connectivity index (χ0v) is 15.0. The summed E-state index contributed by atoms with van der Waals surface area (Å²) in [6.45, 7) is 8.56. The Labute approximate surface area is 142 Å². The lowest BCUT2D eigenvalue weighted by molar-refractivity contribution is -0.106. The van der Waals surface area contributed by atoms with Crippen LogP contribution in [0, 0.1) is 0 Å². The number of aromatic nitrogens is 2. The van der Waals surface area contributed by atoms with Crippen LogP contribution < -0.4 is 9.80 Å². The quantitative estimate of drug-likeness (QED) is 0.827. The van der Waals surface area contributed by atoms with E-state index < -0.39 is 0 Å². The summed E-state index contributed by atoms with van der Waals surface area (Å²) in [6, 6.07) is 2.11. The van der Waals surface area contributed by atoms with Crippen molar-refractivity contribution in [1.82, 2.24) is 9.97 Å². The minimum absolute atomic E-state index is 0.0635. The van der Waals surface area contributed by atoms with Gasteiger partial charge < -0.3 is 19.3 Å². The van der Waals surface area contributed by atoms with E-state index in [1.165, 1.54) is 11.5 Å². The summed E-state index contributed by atoms with van der Waals surface area (Å²) in [5, 5.41) is 0. The van der Waals surface area contributed by atoms with Crippen LogP contribution in [0.4, 0.5) is 11.6 Å². The van der Waals surface area contributed by atoms with Gasteiger partial charge in [0.15, 0.2) is 0 Å². The molecule has 2 aliphatic rings. The molecular weight excluding hydrogens is 312 g/mol. The molecule has 7 heteroatoms. The largest absolute Gasteiger partial charge is 0.382 e. The van der Waals surface area contributed by atoms with E-state index in [1.54, 1.807) is 13.4 Å². The van der Waals surface area contributed by atoms with Gasteiger partial charge in [-0.15, -0.1) is 0 Å². The Kier molecular flexibility index (Phi) is 5.28. The third-order valence-corrected chi connectivity index (χ3v) is 5.07. The summed E-state index contributed by atoms with van der Waals surface area (Å²) in [5.41, 5.74) is -0.214. The molecule has 0 spiro atoms. The van der Waals surface area contributed by atoms with Gasteiger partial charge in [0, 0.05) is 50.9 Å². The smallest absolute Gasteiger partial charge is 0.134 e. The molecule has 3 rings (SSSR count). The molecule has 0 saturated carbocycles. The number of morpholine rings is 1. The van der Waals surface area contributed by atoms with Crippen LogP contribution in [-0.4, -0.2) is 73.1 Å². The maximum absolute atomic E-state index is 6.09. The first-order valence-electron chi connectivity index (χ1n) is 8.14. The predicted octanol–water partition coefficient (Wildman–Crippen LogP) is 1.66. The first-order chi connectivity index (χ1) is 11.1. The van der Waals surface area contributed by atoms with Gasteiger partial charge in [-0.2, -0.15) is 11.8 Å². The molecule has 1 aromatic rings. The van der Waals surface area contributed by atoms with Gasteiger partial charge in [0.25, 0.3) is 0 Å². The zero-order chi connectivity index (χ0) is 16.3. The average molecular weight is 338 g/mol. The van der Waals surface area contributed by atoms with Crippen LogP contribution in [-0.2, 0) is 9.47 Å². The van der Waals surface area contributed by atoms with Crippen LogP contribution in [0.2, 0.25) is 0 Å². The normalized spacial score (nSPS) is 24.7. The Morgan fingerprint density at radius 1 is 1.26 bits per heavy atom. The molecule has 0 unspecified atom stereocenters. The van der Waals surface area contributed by atoms with Crippen molar-refractivity contribution < 1.29 is 9.47 Å². The molecule has 2 aliphatic heterocycles. The fourth-order valence-electron chi connectivity index (χ4n) is 3.22. The second kappa shape index (κ2) is 7.23. The van der Waals surface area contributed by atoms with E-state index >= 15 is 0 Å². The third-order valence-electron chi connectivity index (χ3n) is 4.13. The van der Waals surface area contributed by atoms with Crippen LogP contribution in [0.15, 0.2) is 12.4 Å². The second-order valence-corrected chi connectivity index (χ2v) is 7.89. The number of rotatable bonds is 4. The standard InChI is InChI=1S/C16H26N4O2S/c1-16(2)11-20(9-13(22-16)10-21-3)15-8-14(17-12-18-15)19-4-6-23-7-5-19/h8,12-13H,4-7,9-11H2,1-3H3/t13-/m0/s1. The summed E-state index contributed by atoms with van der Waals surface area (Å²) in [7, 11) is 1.71. The first-order valence-corrected chi connectivity index (χ1v) is 9.29. The number of ether oxygens (including phenoxy) is 2. The topological polar surface area (TPSA) is 50.7 Å². The van der Waals surface area contributed by atoms with Crippen molar-refractivity contribution >= 4 is 23.4 Å². The maximum Gasteiger partial charge on any atom is 0.134 e. The molecule has 1 atom stereocenters. The summed E-state index contributed by atoms with van der Waals surface area (Å²) < 4.78 is 11.4. The molecule has 6 nitrogen and oxygen atoms in total. The highest BCUT2D eigenvalue weighted by molar-refractivity contribution is 7.99. The molecule has 2 saturated heterocycles. The molecule has 0 bridgehead atoms. The van der Waals surface area contributed by atoms with Crippen LogP contribution in [0.5, 0.6) is 0 Å². The van der Waals surface area contributed by atoms with Gasteiger partial charge in [0.2, 0.25) is 0 Å². The Morgan fingerprint density at radius 3 is 2.65 bits per heavy atom. The molecule has 0 radical (unpaired) electrons. The van der Waals surface area contributed by atoms with Gasteiger partial charge in [-0.05, 0) is 13.8 Å². The summed E-state index contributed by atoms with van der Waals surface area (Å²) in [4.78, 5) is 13.6. The van der Waals surface area contributed by atoms with Gasteiger partial charge >= 0.3 is 0 Å². The van der Waals surface area contributed by atoms with Crippen molar-refractivity contribution in [1.29, 1.82) is 0 Å². The van der Waals surface area contributed by atoms with Gasteiger partial charge in [-0.1, -0.05) is 0 Å². The highest BCUT2D eigenvalue weighted by Crippen LogP contribution is 2.27. The minimum atomic E-state index is -0.214. The fraction of sp³-hybridized carbons (Fsp3) is 0.750. The molecule has 3 heterocycles. The molecule has 0 aliphatic carbocycles. The number of hydrogen-bond acceptors (Lipinski definition) is 7. The van der Waals surface area contributed by atoms with Crippen molar-refractivity contribution in [3.05, 3.63) is 12.4 Å². The van der Waals surface area contributed by atoms with Gasteiger partial charge in [-0.3, -0.25) is 0 Å². The average Bonchev–Trinajstić information content (AvgIpc) is 2.55. The highest BCUT2D eigenvalue weighted by atomic mass is 32.2. The van der Waals surface area contributed by atoms with Gasteiger partial charge in [-0.25, -0.2) is 9.97 Å². The van der Waals surface area contributed by atoms with Gasteiger partial charge in [0.05, 0.1) is 18.3 Å². The molecule has 23 heavy (non-hydrogen) atoms. The van der Waals surface area contributed by atoms with E-state index in [2.05, 4.69) is 39.7 Å². The maximum atomic E-state index is 6.09. The Hall–Kier alpha value is -1.05. The van der Waals surface area contributed by atoms with Crippen molar-refractivity contribution in [2.45, 2.75) is 25.6 Å². The molecule has 1 aromatic heterocycles. The van der Waals surface area contributed by atoms with Crippen LogP contribution in [0.25, 0.3) is 0 Å². The number of nitrogens with zero attached hydrogens (tertiary/aromatic N) is 4. The molecule has 0 aromatic carbocycles. The number of methoxy groups -OCH3 is 1. The third kappa shape index (κ3) is 4.28. The van der Waals surface area contributed by atoms with Crippen molar-refractivity contribution in [2.75, 3.05) is 61.2 Å². The molecule has 128 valence electrons. The van der Waals surface area contributed by atoms with Crippen molar-refractivity contribution in [3.8, 4) is 0 Å². The molecule has 0 amide bonds. The van der Waals surface area contributed by atoms with E-state index in [9.17, 15) is 0 Å². The zero-order valence-electron chi connectivity index (χ0n) is 14.2. The fourth-order valence-corrected chi connectivity index (χ4v) is 4.12. The first kappa shape index (κ1) is 16.8. The lowest BCUT2D eigenvalue weighted by Crippen LogP contribution is -2.54. The number of anilines is 2. The molecule has 2 fully saturated rings. The number of hydrogen-bond donors (Lipinski definition) is 0. The van der Waals surface area contributed by atoms with Crippen LogP contribution >= 0.6 is 11.8 Å². The Bertz CT molecular complexity index is 523. The Morgan fingerprint density at radius 2 is 1.96 bits per heavy atom. The summed E-state index contributed by atoms with van der Waals surface area (Å²) >= 11 is 2.01. The number of thioether (sulfide) groups is 1. The van der Waals surface area contributed by atoms with E-state index in [0.29, 0.717) is 6.61 Å². The Balaban J connectivity index is 1.77. The van der Waals surface area contributed by atoms with E-state index in [-0.39, 0.29) is 11.7 Å². The van der Waals surface area contributed by atoms with E-state index in [1.807, 2.05) is 11.8 Å². The minimum Gasteiger partial charge on any atom is -0.382 e. The lowest BCUT2D eigenvalue weighted by atomic mass is 10.1. The predicted molar refractivity (Wildman–Crippen MR) is 94.6 cm³/mol. The molecular formula is C16H26N4O2S. The van der Waals surface area contributed by atoms with Gasteiger partial charge in [0.1, 0.15) is 18.0 Å². The SMILES string of the molecule is COC[C@@H]1CN(c2cc(N3CCSCC3)ncn2)CC(C)(C)O1. The molecule has 0 N–H and O–H groups in total. The highest BCUT2D eigenvalue weighted by Gasteiger charge is 2.34. The summed E-state index contributed by atoms with van der Waals surface area (Å²) in [5.74, 6) is 4.34.